The first-order chi connectivity index (χ1) is 12.4. The molecule has 0 aromatic heterocycles. The molecule has 0 aliphatic heterocycles. The number of benzene rings is 2. The molecular formula is C21H27Cl2NO2. The molecule has 0 fully saturated rings. The highest BCUT2D eigenvalue weighted by Gasteiger charge is 2.21. The highest BCUT2D eigenvalue weighted by atomic mass is 35.5. The summed E-state index contributed by atoms with van der Waals surface area (Å²) in [5.74, 6) is 0.615. The van der Waals surface area contributed by atoms with Gasteiger partial charge in [0.2, 0.25) is 0 Å². The predicted octanol–water partition coefficient (Wildman–Crippen LogP) is 5.69. The second kappa shape index (κ2) is 10.2. The molecule has 0 amide bonds. The second-order valence-corrected chi connectivity index (χ2v) is 7.69. The van der Waals surface area contributed by atoms with Gasteiger partial charge in [-0.25, -0.2) is 0 Å². The van der Waals surface area contributed by atoms with E-state index in [1.54, 1.807) is 18.2 Å². The molecule has 3 nitrogen and oxygen atoms in total. The first-order valence-corrected chi connectivity index (χ1v) is 9.63. The molecule has 0 unspecified atom stereocenters. The van der Waals surface area contributed by atoms with E-state index in [1.807, 2.05) is 19.9 Å². The summed E-state index contributed by atoms with van der Waals surface area (Å²) >= 11 is 12.1. The number of ether oxygens (including phenoxy) is 2. The molecular weight excluding hydrogens is 369 g/mol. The van der Waals surface area contributed by atoms with Gasteiger partial charge in [0.15, 0.2) is 0 Å². The molecule has 2 aromatic rings. The highest BCUT2D eigenvalue weighted by Crippen LogP contribution is 2.30. The van der Waals surface area contributed by atoms with Crippen LogP contribution < -0.4 is 4.74 Å². The molecule has 26 heavy (non-hydrogen) atoms. The quantitative estimate of drug-likeness (QED) is 0.482. The summed E-state index contributed by atoms with van der Waals surface area (Å²) < 4.78 is 11.9. The lowest BCUT2D eigenvalue weighted by molar-refractivity contribution is -0.00938. The van der Waals surface area contributed by atoms with Crippen molar-refractivity contribution in [2.75, 3.05) is 26.3 Å². The molecule has 0 N–H and O–H groups in total. The van der Waals surface area contributed by atoms with Crippen LogP contribution in [0.4, 0.5) is 0 Å². The van der Waals surface area contributed by atoms with Gasteiger partial charge in [-0.15, -0.1) is 0 Å². The van der Waals surface area contributed by atoms with Crippen molar-refractivity contribution in [2.45, 2.75) is 32.9 Å². The van der Waals surface area contributed by atoms with Gasteiger partial charge in [0.05, 0.1) is 18.2 Å². The first-order valence-electron chi connectivity index (χ1n) is 8.88. The molecule has 0 spiro atoms. The Morgan fingerprint density at radius 3 is 2.42 bits per heavy atom. The van der Waals surface area contributed by atoms with Crippen molar-refractivity contribution in [1.29, 1.82) is 0 Å². The number of likely N-dealkylation sites (N-methyl/N-ethyl adjacent to an activating group) is 1. The minimum absolute atomic E-state index is 0.478. The van der Waals surface area contributed by atoms with Crippen LogP contribution in [0.2, 0.25) is 10.0 Å². The van der Waals surface area contributed by atoms with Crippen LogP contribution in [0.15, 0.2) is 48.5 Å². The van der Waals surface area contributed by atoms with E-state index < -0.39 is 5.60 Å². The summed E-state index contributed by atoms with van der Waals surface area (Å²) in [5, 5.41) is 1.10. The molecule has 0 saturated carbocycles. The Labute approximate surface area is 166 Å². The fraction of sp³-hybridized carbons (Fsp3) is 0.429. The Morgan fingerprint density at radius 2 is 1.77 bits per heavy atom. The average Bonchev–Trinajstić information content (AvgIpc) is 2.61. The number of hydrogen-bond acceptors (Lipinski definition) is 3. The number of halogens is 2. The van der Waals surface area contributed by atoms with Crippen LogP contribution >= 0.6 is 23.2 Å². The highest BCUT2D eigenvalue weighted by molar-refractivity contribution is 6.35. The minimum Gasteiger partial charge on any atom is -0.484 e. The number of nitrogens with zero attached hydrogens (tertiary/aromatic N) is 1. The zero-order valence-electron chi connectivity index (χ0n) is 15.7. The molecule has 2 rings (SSSR count). The molecule has 0 radical (unpaired) electrons. The van der Waals surface area contributed by atoms with Gasteiger partial charge in [-0.2, -0.15) is 0 Å². The minimum atomic E-state index is -0.478. The molecule has 0 saturated heterocycles. The average molecular weight is 396 g/mol. The van der Waals surface area contributed by atoms with E-state index in [9.17, 15) is 0 Å². The summed E-state index contributed by atoms with van der Waals surface area (Å²) in [4.78, 5) is 2.36. The maximum absolute atomic E-state index is 6.18. The standard InChI is InChI=1S/C21H27Cl2NO2/c1-4-24(15-17-8-6-5-7-9-17)12-13-25-16-21(2,3)26-20-11-10-18(22)14-19(20)23/h5-11,14H,4,12-13,15-16H2,1-3H3. The van der Waals surface area contributed by atoms with Gasteiger partial charge in [0, 0.05) is 18.1 Å². The van der Waals surface area contributed by atoms with Crippen LogP contribution in [0.3, 0.4) is 0 Å². The van der Waals surface area contributed by atoms with E-state index in [-0.39, 0.29) is 0 Å². The molecule has 142 valence electrons. The summed E-state index contributed by atoms with van der Waals surface area (Å²) in [7, 11) is 0. The Balaban J connectivity index is 1.76. The van der Waals surface area contributed by atoms with E-state index in [4.69, 9.17) is 32.7 Å². The molecule has 0 aliphatic rings. The third-order valence-corrected chi connectivity index (χ3v) is 4.51. The predicted molar refractivity (Wildman–Crippen MR) is 109 cm³/mol. The van der Waals surface area contributed by atoms with Gasteiger partial charge in [-0.05, 0) is 44.2 Å². The molecule has 0 bridgehead atoms. The molecule has 0 aliphatic carbocycles. The molecule has 0 atom stereocenters. The maximum Gasteiger partial charge on any atom is 0.138 e. The smallest absolute Gasteiger partial charge is 0.138 e. The zero-order chi connectivity index (χ0) is 19.0. The van der Waals surface area contributed by atoms with Gasteiger partial charge in [0.25, 0.3) is 0 Å². The molecule has 5 heteroatoms. The van der Waals surface area contributed by atoms with E-state index in [1.165, 1.54) is 5.56 Å². The first kappa shape index (κ1) is 21.0. The zero-order valence-corrected chi connectivity index (χ0v) is 17.2. The largest absolute Gasteiger partial charge is 0.484 e. The number of hydrogen-bond donors (Lipinski definition) is 0. The van der Waals surface area contributed by atoms with Crippen molar-refractivity contribution in [3.8, 4) is 5.75 Å². The van der Waals surface area contributed by atoms with E-state index in [2.05, 4.69) is 36.1 Å². The van der Waals surface area contributed by atoms with E-state index >= 15 is 0 Å². The molecule has 2 aromatic carbocycles. The summed E-state index contributed by atoms with van der Waals surface area (Å²) in [5.41, 5.74) is 0.837. The van der Waals surface area contributed by atoms with Gasteiger partial charge < -0.3 is 9.47 Å². The van der Waals surface area contributed by atoms with E-state index in [0.717, 1.165) is 19.6 Å². The second-order valence-electron chi connectivity index (χ2n) is 6.84. The third-order valence-electron chi connectivity index (χ3n) is 3.98. The lowest BCUT2D eigenvalue weighted by atomic mass is 10.1. The van der Waals surface area contributed by atoms with Crippen molar-refractivity contribution < 1.29 is 9.47 Å². The SMILES string of the molecule is CCN(CCOCC(C)(C)Oc1ccc(Cl)cc1Cl)Cc1ccccc1. The fourth-order valence-corrected chi connectivity index (χ4v) is 3.03. The van der Waals surface area contributed by atoms with Crippen LogP contribution in [0.5, 0.6) is 5.75 Å². The Morgan fingerprint density at radius 1 is 1.04 bits per heavy atom. The van der Waals surface area contributed by atoms with E-state index in [0.29, 0.717) is 29.0 Å². The number of rotatable bonds is 10. The van der Waals surface area contributed by atoms with Gasteiger partial charge in [-0.1, -0.05) is 60.5 Å². The van der Waals surface area contributed by atoms with Crippen molar-refractivity contribution in [2.24, 2.45) is 0 Å². The van der Waals surface area contributed by atoms with Crippen LogP contribution in [-0.2, 0) is 11.3 Å². The van der Waals surface area contributed by atoms with Gasteiger partial charge in [0.1, 0.15) is 11.4 Å². The van der Waals surface area contributed by atoms with Crippen LogP contribution in [0.1, 0.15) is 26.3 Å². The fourth-order valence-electron chi connectivity index (χ4n) is 2.59. The molecule has 0 heterocycles. The van der Waals surface area contributed by atoms with Gasteiger partial charge >= 0.3 is 0 Å². The van der Waals surface area contributed by atoms with Gasteiger partial charge in [-0.3, -0.25) is 4.90 Å². The topological polar surface area (TPSA) is 21.7 Å². The van der Waals surface area contributed by atoms with Crippen LogP contribution in [-0.4, -0.2) is 36.8 Å². The van der Waals surface area contributed by atoms with Crippen LogP contribution in [0, 0.1) is 0 Å². The summed E-state index contributed by atoms with van der Waals surface area (Å²) in [6.07, 6.45) is 0. The van der Waals surface area contributed by atoms with Crippen molar-refractivity contribution in [3.63, 3.8) is 0 Å². The van der Waals surface area contributed by atoms with Crippen molar-refractivity contribution >= 4 is 23.2 Å². The summed E-state index contributed by atoms with van der Waals surface area (Å²) in [6.45, 7) is 10.1. The van der Waals surface area contributed by atoms with Crippen molar-refractivity contribution in [1.82, 2.24) is 4.90 Å². The third kappa shape index (κ3) is 7.16. The monoisotopic (exact) mass is 395 g/mol. The van der Waals surface area contributed by atoms with Crippen molar-refractivity contribution in [3.05, 3.63) is 64.1 Å². The Hall–Kier alpha value is -1.26. The maximum atomic E-state index is 6.18. The lowest BCUT2D eigenvalue weighted by Crippen LogP contribution is -2.36. The normalized spacial score (nSPS) is 11.8. The Kier molecular flexibility index (Phi) is 8.23. The Bertz CT molecular complexity index is 677. The van der Waals surface area contributed by atoms with Crippen LogP contribution in [0.25, 0.3) is 0 Å². The summed E-state index contributed by atoms with van der Waals surface area (Å²) in [6, 6.07) is 15.7. The lowest BCUT2D eigenvalue weighted by Gasteiger charge is -2.27.